The first-order valence-corrected chi connectivity index (χ1v) is 11.6. The lowest BCUT2D eigenvalue weighted by molar-refractivity contribution is -0.140. The van der Waals surface area contributed by atoms with E-state index in [-0.39, 0.29) is 11.3 Å². The van der Waals surface area contributed by atoms with E-state index in [1.54, 1.807) is 0 Å². The van der Waals surface area contributed by atoms with Crippen LogP contribution in [0.4, 0.5) is 5.82 Å². The summed E-state index contributed by atoms with van der Waals surface area (Å²) in [6, 6.07) is 20.5. The van der Waals surface area contributed by atoms with Crippen molar-refractivity contribution in [2.45, 2.75) is 45.4 Å². The van der Waals surface area contributed by atoms with Gasteiger partial charge in [-0.15, -0.1) is 0 Å². The fourth-order valence-corrected chi connectivity index (χ4v) is 6.82. The maximum absolute atomic E-state index is 13.7. The third kappa shape index (κ3) is 3.29. The van der Waals surface area contributed by atoms with Crippen LogP contribution in [-0.2, 0) is 4.79 Å². The number of para-hydroxylation sites is 1. The number of benzene rings is 2. The van der Waals surface area contributed by atoms with Crippen LogP contribution in [0.3, 0.4) is 0 Å². The second-order valence-corrected chi connectivity index (χ2v) is 10.2. The second kappa shape index (κ2) is 7.08. The first-order valence-electron chi connectivity index (χ1n) is 11.6. The van der Waals surface area contributed by atoms with E-state index in [2.05, 4.69) is 36.5 Å². The monoisotopic (exact) mass is 411 g/mol. The van der Waals surface area contributed by atoms with Crippen LogP contribution in [0.1, 0.15) is 44.1 Å². The number of rotatable bonds is 4. The summed E-state index contributed by atoms with van der Waals surface area (Å²) in [7, 11) is 0. The van der Waals surface area contributed by atoms with Gasteiger partial charge in [-0.3, -0.25) is 4.79 Å². The van der Waals surface area contributed by atoms with E-state index in [0.717, 1.165) is 59.8 Å². The van der Waals surface area contributed by atoms with Gasteiger partial charge in [-0.25, -0.2) is 4.68 Å². The van der Waals surface area contributed by atoms with Gasteiger partial charge in [-0.1, -0.05) is 42.0 Å². The maximum Gasteiger partial charge on any atom is 0.231 e. The van der Waals surface area contributed by atoms with Crippen LogP contribution < -0.4 is 5.32 Å². The molecule has 1 amide bonds. The van der Waals surface area contributed by atoms with Crippen LogP contribution >= 0.6 is 0 Å². The summed E-state index contributed by atoms with van der Waals surface area (Å²) in [6.07, 6.45) is 7.21. The summed E-state index contributed by atoms with van der Waals surface area (Å²) < 4.78 is 1.88. The highest BCUT2D eigenvalue weighted by Gasteiger charge is 2.54. The fourth-order valence-electron chi connectivity index (χ4n) is 6.82. The third-order valence-corrected chi connectivity index (χ3v) is 7.79. The van der Waals surface area contributed by atoms with Crippen molar-refractivity contribution in [3.05, 3.63) is 66.2 Å². The molecule has 4 aliphatic carbocycles. The molecule has 0 spiro atoms. The predicted molar refractivity (Wildman–Crippen MR) is 123 cm³/mol. The molecule has 3 aromatic rings. The van der Waals surface area contributed by atoms with Crippen LogP contribution in [0.5, 0.6) is 0 Å². The van der Waals surface area contributed by atoms with Crippen LogP contribution in [0.25, 0.3) is 16.9 Å². The first kappa shape index (κ1) is 18.9. The Kier molecular flexibility index (Phi) is 4.31. The second-order valence-electron chi connectivity index (χ2n) is 10.2. The van der Waals surface area contributed by atoms with Crippen LogP contribution in [0, 0.1) is 30.1 Å². The summed E-state index contributed by atoms with van der Waals surface area (Å²) in [4.78, 5) is 13.7. The number of anilines is 1. The molecule has 4 aliphatic rings. The average molecular weight is 412 g/mol. The Morgan fingerprint density at radius 3 is 2.26 bits per heavy atom. The zero-order chi connectivity index (χ0) is 21.0. The van der Waals surface area contributed by atoms with Gasteiger partial charge >= 0.3 is 0 Å². The summed E-state index contributed by atoms with van der Waals surface area (Å²) >= 11 is 0. The number of amides is 1. The van der Waals surface area contributed by atoms with Crippen molar-refractivity contribution in [3.63, 3.8) is 0 Å². The van der Waals surface area contributed by atoms with Crippen molar-refractivity contribution in [2.75, 3.05) is 5.32 Å². The van der Waals surface area contributed by atoms with Gasteiger partial charge in [0.05, 0.1) is 16.8 Å². The van der Waals surface area contributed by atoms with Gasteiger partial charge in [-0.2, -0.15) is 5.10 Å². The molecule has 4 nitrogen and oxygen atoms in total. The summed E-state index contributed by atoms with van der Waals surface area (Å²) in [5, 5.41) is 8.23. The van der Waals surface area contributed by atoms with Crippen molar-refractivity contribution in [1.82, 2.24) is 9.78 Å². The van der Waals surface area contributed by atoms with Crippen molar-refractivity contribution < 1.29 is 4.79 Å². The zero-order valence-corrected chi connectivity index (χ0v) is 18.1. The van der Waals surface area contributed by atoms with E-state index in [9.17, 15) is 4.79 Å². The number of carbonyl (C=O) groups excluding carboxylic acids is 1. The Morgan fingerprint density at radius 1 is 0.935 bits per heavy atom. The van der Waals surface area contributed by atoms with E-state index in [0.29, 0.717) is 0 Å². The Labute approximate surface area is 183 Å². The summed E-state index contributed by atoms with van der Waals surface area (Å²) in [5.74, 6) is 3.22. The molecule has 1 N–H and O–H groups in total. The Hall–Kier alpha value is -2.88. The van der Waals surface area contributed by atoms with E-state index in [4.69, 9.17) is 5.10 Å². The van der Waals surface area contributed by atoms with Gasteiger partial charge in [0.2, 0.25) is 5.91 Å². The molecule has 4 saturated carbocycles. The van der Waals surface area contributed by atoms with Crippen molar-refractivity contribution >= 4 is 11.7 Å². The van der Waals surface area contributed by atoms with Crippen molar-refractivity contribution in [1.29, 1.82) is 0 Å². The quantitative estimate of drug-likeness (QED) is 0.572. The zero-order valence-electron chi connectivity index (χ0n) is 18.1. The topological polar surface area (TPSA) is 46.9 Å². The van der Waals surface area contributed by atoms with Gasteiger partial charge in [-0.05, 0) is 81.4 Å². The molecule has 4 fully saturated rings. The third-order valence-electron chi connectivity index (χ3n) is 7.79. The van der Waals surface area contributed by atoms with Gasteiger partial charge < -0.3 is 5.32 Å². The number of nitrogens with zero attached hydrogens (tertiary/aromatic N) is 2. The predicted octanol–water partition coefficient (Wildman–Crippen LogP) is 6.00. The number of carbonyl (C=O) groups is 1. The first-order chi connectivity index (χ1) is 15.1. The fraction of sp³-hybridized carbons (Fsp3) is 0.407. The molecule has 31 heavy (non-hydrogen) atoms. The van der Waals surface area contributed by atoms with Gasteiger partial charge in [0, 0.05) is 11.6 Å². The number of nitrogens with one attached hydrogen (secondary N) is 1. The van der Waals surface area contributed by atoms with Crippen molar-refractivity contribution in [2.24, 2.45) is 23.2 Å². The highest BCUT2D eigenvalue weighted by molar-refractivity contribution is 5.95. The van der Waals surface area contributed by atoms with Crippen molar-refractivity contribution in [3.8, 4) is 16.9 Å². The highest BCUT2D eigenvalue weighted by Crippen LogP contribution is 2.60. The SMILES string of the molecule is Cc1cccc(-c2cc(NC(=O)C34CC5CC(CC(C5)C3)C4)n(-c3ccccc3)n2)c1. The highest BCUT2D eigenvalue weighted by atomic mass is 16.2. The molecule has 1 heterocycles. The summed E-state index contributed by atoms with van der Waals surface area (Å²) in [5.41, 5.74) is 3.94. The van der Waals surface area contributed by atoms with Gasteiger partial charge in [0.15, 0.2) is 0 Å². The molecule has 4 heteroatoms. The van der Waals surface area contributed by atoms with E-state index in [1.165, 1.54) is 24.8 Å². The lowest BCUT2D eigenvalue weighted by Gasteiger charge is -2.55. The molecule has 4 bridgehead atoms. The normalized spacial score (nSPS) is 28.6. The Balaban J connectivity index is 1.36. The van der Waals surface area contributed by atoms with Crippen LogP contribution in [0.15, 0.2) is 60.7 Å². The molecule has 0 atom stereocenters. The molecule has 2 aromatic carbocycles. The molecular weight excluding hydrogens is 382 g/mol. The lowest BCUT2D eigenvalue weighted by Crippen LogP contribution is -2.51. The minimum absolute atomic E-state index is 0.177. The van der Waals surface area contributed by atoms with E-state index < -0.39 is 0 Å². The maximum atomic E-state index is 13.7. The Morgan fingerprint density at radius 2 is 1.61 bits per heavy atom. The number of aryl methyl sites for hydroxylation is 1. The number of hydrogen-bond donors (Lipinski definition) is 1. The minimum atomic E-state index is -0.177. The average Bonchev–Trinajstić information content (AvgIpc) is 3.17. The lowest BCUT2D eigenvalue weighted by atomic mass is 9.49. The Bertz CT molecular complexity index is 1100. The molecule has 158 valence electrons. The smallest absolute Gasteiger partial charge is 0.231 e. The van der Waals surface area contributed by atoms with E-state index in [1.807, 2.05) is 41.1 Å². The van der Waals surface area contributed by atoms with Gasteiger partial charge in [0.1, 0.15) is 5.82 Å². The van der Waals surface area contributed by atoms with Gasteiger partial charge in [0.25, 0.3) is 0 Å². The number of aromatic nitrogens is 2. The number of hydrogen-bond acceptors (Lipinski definition) is 2. The molecular formula is C27H29N3O. The largest absolute Gasteiger partial charge is 0.310 e. The molecule has 1 aromatic heterocycles. The van der Waals surface area contributed by atoms with Crippen LogP contribution in [-0.4, -0.2) is 15.7 Å². The molecule has 7 rings (SSSR count). The molecule has 0 radical (unpaired) electrons. The standard InChI is InChI=1S/C27H29N3O/c1-18-6-5-7-22(10-18)24-14-25(30(29-24)23-8-3-2-4-9-23)28-26(31)27-15-19-11-20(16-27)13-21(12-19)17-27/h2-10,14,19-21H,11-13,15-17H2,1H3,(H,28,31). The summed E-state index contributed by atoms with van der Waals surface area (Å²) in [6.45, 7) is 2.09. The molecule has 0 unspecified atom stereocenters. The molecule has 0 aliphatic heterocycles. The molecule has 0 saturated heterocycles. The van der Waals surface area contributed by atoms with E-state index >= 15 is 0 Å². The van der Waals surface area contributed by atoms with Crippen LogP contribution in [0.2, 0.25) is 0 Å². The minimum Gasteiger partial charge on any atom is -0.310 e.